The highest BCUT2D eigenvalue weighted by molar-refractivity contribution is 5.84. The Bertz CT molecular complexity index is 674. The van der Waals surface area contributed by atoms with Crippen LogP contribution in [0.5, 0.6) is 11.5 Å². The van der Waals surface area contributed by atoms with Gasteiger partial charge in [0.25, 0.3) is 0 Å². The van der Waals surface area contributed by atoms with E-state index in [1.165, 1.54) is 24.3 Å². The molecule has 6 heteroatoms. The molecule has 2 aromatic rings. The van der Waals surface area contributed by atoms with Crippen LogP contribution in [0.1, 0.15) is 5.56 Å². The summed E-state index contributed by atoms with van der Waals surface area (Å²) >= 11 is 0. The zero-order chi connectivity index (χ0) is 15.4. The predicted molar refractivity (Wildman–Crippen MR) is 73.1 cm³/mol. The molecule has 110 valence electrons. The number of anilines is 1. The molecule has 0 amide bonds. The number of halogens is 2. The molecule has 0 saturated heterocycles. The fourth-order valence-corrected chi connectivity index (χ4v) is 1.75. The van der Waals surface area contributed by atoms with Crippen LogP contribution in [-0.2, 0) is 11.2 Å². The molecule has 0 saturated carbocycles. The Balaban J connectivity index is 0.000000161. The molecule has 0 fully saturated rings. The Labute approximate surface area is 119 Å². The van der Waals surface area contributed by atoms with Crippen LogP contribution in [0.25, 0.3) is 0 Å². The first-order valence-corrected chi connectivity index (χ1v) is 6.12. The van der Waals surface area contributed by atoms with E-state index in [0.29, 0.717) is 12.2 Å². The summed E-state index contributed by atoms with van der Waals surface area (Å²) in [5, 5.41) is 8.74. The molecule has 1 aliphatic heterocycles. The van der Waals surface area contributed by atoms with Gasteiger partial charge >= 0.3 is 0 Å². The van der Waals surface area contributed by atoms with Gasteiger partial charge < -0.3 is 15.6 Å². The summed E-state index contributed by atoms with van der Waals surface area (Å²) in [5.41, 5.74) is 6.13. The van der Waals surface area contributed by atoms with Gasteiger partial charge in [0.05, 0.1) is 5.69 Å². The Hall–Kier alpha value is -2.63. The van der Waals surface area contributed by atoms with Crippen molar-refractivity contribution in [2.45, 2.75) is 6.42 Å². The van der Waals surface area contributed by atoms with Crippen LogP contribution in [-0.4, -0.2) is 17.5 Å². The van der Waals surface area contributed by atoms with Gasteiger partial charge in [0.1, 0.15) is 29.7 Å². The van der Waals surface area contributed by atoms with E-state index in [1.807, 2.05) is 0 Å². The highest BCUT2D eigenvalue weighted by atomic mass is 19.1. The number of ketones is 1. The SMILES string of the molecule is Nc1ccc(F)cc1O.O=C1COc2cc(F)ccc2C1. The van der Waals surface area contributed by atoms with Gasteiger partial charge in [-0.2, -0.15) is 0 Å². The summed E-state index contributed by atoms with van der Waals surface area (Å²) in [7, 11) is 0. The third-order valence-corrected chi connectivity index (χ3v) is 2.80. The van der Waals surface area contributed by atoms with Gasteiger partial charge in [-0.15, -0.1) is 0 Å². The van der Waals surface area contributed by atoms with Crippen molar-refractivity contribution in [1.29, 1.82) is 0 Å². The highest BCUT2D eigenvalue weighted by Gasteiger charge is 2.16. The number of ether oxygens (including phenoxy) is 1. The molecule has 0 bridgehead atoms. The summed E-state index contributed by atoms with van der Waals surface area (Å²) in [6, 6.07) is 7.69. The van der Waals surface area contributed by atoms with Crippen molar-refractivity contribution < 1.29 is 23.4 Å². The lowest BCUT2D eigenvalue weighted by atomic mass is 10.1. The Morgan fingerprint density at radius 2 is 1.76 bits per heavy atom. The Morgan fingerprint density at radius 3 is 2.43 bits per heavy atom. The van der Waals surface area contributed by atoms with Gasteiger partial charge in [-0.05, 0) is 18.2 Å². The second-order valence-corrected chi connectivity index (χ2v) is 4.46. The van der Waals surface area contributed by atoms with Crippen molar-refractivity contribution in [3.05, 3.63) is 53.6 Å². The van der Waals surface area contributed by atoms with E-state index in [-0.39, 0.29) is 29.6 Å². The van der Waals surface area contributed by atoms with Gasteiger partial charge in [0.15, 0.2) is 5.78 Å². The molecule has 21 heavy (non-hydrogen) atoms. The molecule has 0 aliphatic carbocycles. The molecule has 1 aliphatic rings. The number of benzene rings is 2. The minimum Gasteiger partial charge on any atom is -0.506 e. The minimum absolute atomic E-state index is 0.0362. The van der Waals surface area contributed by atoms with E-state index in [4.69, 9.17) is 15.6 Å². The van der Waals surface area contributed by atoms with Gasteiger partial charge in [-0.3, -0.25) is 4.79 Å². The lowest BCUT2D eigenvalue weighted by Crippen LogP contribution is -2.20. The maximum Gasteiger partial charge on any atom is 0.174 e. The van der Waals surface area contributed by atoms with Crippen molar-refractivity contribution in [2.75, 3.05) is 12.3 Å². The smallest absolute Gasteiger partial charge is 0.174 e. The molecule has 0 unspecified atom stereocenters. The summed E-state index contributed by atoms with van der Waals surface area (Å²) in [6.07, 6.45) is 0.357. The number of nitrogens with two attached hydrogens (primary N) is 1. The van der Waals surface area contributed by atoms with Crippen LogP contribution in [0.4, 0.5) is 14.5 Å². The molecule has 3 rings (SSSR count). The number of nitrogen functional groups attached to an aromatic ring is 1. The number of phenols is 1. The number of carbonyl (C=O) groups excluding carboxylic acids is 1. The van der Waals surface area contributed by atoms with Crippen LogP contribution >= 0.6 is 0 Å². The summed E-state index contributed by atoms with van der Waals surface area (Å²) < 4.78 is 29.8. The summed E-state index contributed by atoms with van der Waals surface area (Å²) in [5.74, 6) is -0.497. The third kappa shape index (κ3) is 3.92. The number of hydrogen-bond donors (Lipinski definition) is 2. The van der Waals surface area contributed by atoms with Crippen LogP contribution in [0.15, 0.2) is 36.4 Å². The Morgan fingerprint density at radius 1 is 1.10 bits per heavy atom. The molecule has 1 heterocycles. The second-order valence-electron chi connectivity index (χ2n) is 4.46. The van der Waals surface area contributed by atoms with Crippen LogP contribution in [0.3, 0.4) is 0 Å². The standard InChI is InChI=1S/C9H7FO2.C6H6FNO/c10-7-2-1-6-3-8(11)5-12-9(6)4-7;7-4-1-2-5(8)6(9)3-4/h1-2,4H,3,5H2;1-3,9H,8H2. The molecule has 4 nitrogen and oxygen atoms in total. The van der Waals surface area contributed by atoms with Crippen molar-refractivity contribution in [3.63, 3.8) is 0 Å². The number of carbonyl (C=O) groups is 1. The van der Waals surface area contributed by atoms with Crippen molar-refractivity contribution in [3.8, 4) is 11.5 Å². The summed E-state index contributed by atoms with van der Waals surface area (Å²) in [6.45, 7) is 0.0659. The number of fused-ring (bicyclic) bond motifs is 1. The first-order valence-electron chi connectivity index (χ1n) is 6.12. The van der Waals surface area contributed by atoms with E-state index in [2.05, 4.69) is 0 Å². The first-order chi connectivity index (χ1) is 9.95. The van der Waals surface area contributed by atoms with Crippen molar-refractivity contribution in [2.24, 2.45) is 0 Å². The fourth-order valence-electron chi connectivity index (χ4n) is 1.75. The van der Waals surface area contributed by atoms with Gasteiger partial charge in [-0.1, -0.05) is 6.07 Å². The molecule has 0 atom stereocenters. The predicted octanol–water partition coefficient (Wildman–Crippen LogP) is 2.44. The zero-order valence-electron chi connectivity index (χ0n) is 11.0. The number of phenolic OH excluding ortho intramolecular Hbond substituents is 1. The molecular formula is C15H13F2NO3. The lowest BCUT2D eigenvalue weighted by Gasteiger charge is -2.15. The maximum absolute atomic E-state index is 12.6. The topological polar surface area (TPSA) is 72.5 Å². The molecule has 3 N–H and O–H groups in total. The number of hydrogen-bond acceptors (Lipinski definition) is 4. The van der Waals surface area contributed by atoms with Gasteiger partial charge in [0, 0.05) is 24.1 Å². The molecule has 2 aromatic carbocycles. The Kier molecular flexibility index (Phi) is 4.37. The maximum atomic E-state index is 12.6. The summed E-state index contributed by atoms with van der Waals surface area (Å²) in [4.78, 5) is 10.9. The van der Waals surface area contributed by atoms with Crippen molar-refractivity contribution >= 4 is 11.5 Å². The van der Waals surface area contributed by atoms with E-state index in [1.54, 1.807) is 6.07 Å². The molecule has 0 aromatic heterocycles. The van der Waals surface area contributed by atoms with Crippen LogP contribution in [0.2, 0.25) is 0 Å². The molecule has 0 spiro atoms. The number of aromatic hydroxyl groups is 1. The van der Waals surface area contributed by atoms with E-state index in [0.717, 1.165) is 11.6 Å². The lowest BCUT2D eigenvalue weighted by molar-refractivity contribution is -0.121. The van der Waals surface area contributed by atoms with Crippen LogP contribution < -0.4 is 10.5 Å². The normalized spacial score (nSPS) is 12.8. The van der Waals surface area contributed by atoms with Gasteiger partial charge in [0.2, 0.25) is 0 Å². The average Bonchev–Trinajstić information content (AvgIpc) is 2.44. The monoisotopic (exact) mass is 293 g/mol. The van der Waals surface area contributed by atoms with E-state index >= 15 is 0 Å². The third-order valence-electron chi connectivity index (χ3n) is 2.80. The quantitative estimate of drug-likeness (QED) is 0.578. The molecular weight excluding hydrogens is 280 g/mol. The fraction of sp³-hybridized carbons (Fsp3) is 0.133. The highest BCUT2D eigenvalue weighted by Crippen LogP contribution is 2.23. The van der Waals surface area contributed by atoms with Crippen LogP contribution in [0, 0.1) is 11.6 Å². The van der Waals surface area contributed by atoms with E-state index in [9.17, 15) is 13.6 Å². The number of rotatable bonds is 0. The van der Waals surface area contributed by atoms with Gasteiger partial charge in [-0.25, -0.2) is 8.78 Å². The largest absolute Gasteiger partial charge is 0.506 e. The van der Waals surface area contributed by atoms with Crippen molar-refractivity contribution in [1.82, 2.24) is 0 Å². The number of Topliss-reactive ketones (excluding diaryl/α,β-unsaturated/α-hetero) is 1. The minimum atomic E-state index is -0.485. The first kappa shape index (κ1) is 14.8. The molecule has 0 radical (unpaired) electrons. The second kappa shape index (κ2) is 6.21. The zero-order valence-corrected chi connectivity index (χ0v) is 11.0. The average molecular weight is 293 g/mol. The van der Waals surface area contributed by atoms with E-state index < -0.39 is 5.82 Å².